The van der Waals surface area contributed by atoms with Gasteiger partial charge in [0.15, 0.2) is 11.5 Å². The van der Waals surface area contributed by atoms with Gasteiger partial charge in [0.1, 0.15) is 11.4 Å². The summed E-state index contributed by atoms with van der Waals surface area (Å²) in [5.74, 6) is -0.226. The largest absolute Gasteiger partial charge is 0.437 e. The first-order chi connectivity index (χ1) is 17.2. The lowest BCUT2D eigenvalue weighted by molar-refractivity contribution is -0.384. The standard InChI is InChI=1S/C25H29N7O4/c1-4-21-25(36-20-7-5-6-19(14-20)32(34)35)29-24(22(28-21)23(26)33)27-17-8-10-18(11-9-17)31-13-12-30(3)16(2)15-31/h5-11,14,16H,4,12-13,15H2,1-3H3,(H2,26,33)(H,27,29)/t16-/m0/s1. The smallest absolute Gasteiger partial charge is 0.273 e. The van der Waals surface area contributed by atoms with Crippen LogP contribution in [0.25, 0.3) is 0 Å². The van der Waals surface area contributed by atoms with Gasteiger partial charge < -0.3 is 25.6 Å². The third-order valence-corrected chi connectivity index (χ3v) is 6.20. The van der Waals surface area contributed by atoms with Crippen LogP contribution in [-0.2, 0) is 6.42 Å². The van der Waals surface area contributed by atoms with E-state index in [9.17, 15) is 14.9 Å². The summed E-state index contributed by atoms with van der Waals surface area (Å²) in [5.41, 5.74) is 7.67. The number of nitro groups is 1. The molecule has 1 atom stereocenters. The highest BCUT2D eigenvalue weighted by molar-refractivity contribution is 5.96. The van der Waals surface area contributed by atoms with Gasteiger partial charge in [0.25, 0.3) is 11.6 Å². The molecule has 4 rings (SSSR count). The van der Waals surface area contributed by atoms with Crippen molar-refractivity contribution in [3.8, 4) is 11.6 Å². The number of amides is 1. The molecule has 1 aromatic heterocycles. The summed E-state index contributed by atoms with van der Waals surface area (Å²) in [6.45, 7) is 6.93. The molecular formula is C25H29N7O4. The highest BCUT2D eigenvalue weighted by atomic mass is 16.6. The van der Waals surface area contributed by atoms with Crippen molar-refractivity contribution < 1.29 is 14.5 Å². The number of carbonyl (C=O) groups is 1. The molecule has 0 saturated carbocycles. The van der Waals surface area contributed by atoms with Crippen LogP contribution in [0.2, 0.25) is 0 Å². The number of nitrogens with zero attached hydrogens (tertiary/aromatic N) is 5. The Morgan fingerprint density at radius 3 is 2.61 bits per heavy atom. The zero-order valence-electron chi connectivity index (χ0n) is 20.5. The molecule has 1 aliphatic heterocycles. The second-order valence-electron chi connectivity index (χ2n) is 8.69. The van der Waals surface area contributed by atoms with Gasteiger partial charge in [-0.15, -0.1) is 0 Å². The van der Waals surface area contributed by atoms with Crippen molar-refractivity contribution in [2.24, 2.45) is 5.73 Å². The van der Waals surface area contributed by atoms with Crippen molar-refractivity contribution in [2.45, 2.75) is 26.3 Å². The SMILES string of the molecule is CCc1nc(C(N)=O)c(Nc2ccc(N3CCN(C)[C@@H](C)C3)cc2)nc1Oc1cccc([N+](=O)[O-])c1. The summed E-state index contributed by atoms with van der Waals surface area (Å²) in [4.78, 5) is 36.3. The minimum Gasteiger partial charge on any atom is -0.437 e. The molecule has 1 amide bonds. The first-order valence-corrected chi connectivity index (χ1v) is 11.7. The predicted octanol–water partition coefficient (Wildman–Crippen LogP) is 3.72. The van der Waals surface area contributed by atoms with E-state index in [1.807, 2.05) is 31.2 Å². The lowest BCUT2D eigenvalue weighted by Gasteiger charge is -2.39. The van der Waals surface area contributed by atoms with Crippen molar-refractivity contribution in [3.63, 3.8) is 0 Å². The number of ether oxygens (including phenoxy) is 1. The molecule has 11 heteroatoms. The molecule has 3 aromatic rings. The highest BCUT2D eigenvalue weighted by Crippen LogP contribution is 2.30. The fourth-order valence-electron chi connectivity index (χ4n) is 3.97. The summed E-state index contributed by atoms with van der Waals surface area (Å²) in [6, 6.07) is 14.1. The van der Waals surface area contributed by atoms with Gasteiger partial charge in [-0.1, -0.05) is 13.0 Å². The second-order valence-corrected chi connectivity index (χ2v) is 8.69. The number of non-ortho nitro benzene ring substituents is 1. The molecule has 3 N–H and O–H groups in total. The molecule has 0 aliphatic carbocycles. The molecule has 36 heavy (non-hydrogen) atoms. The average Bonchev–Trinajstić information content (AvgIpc) is 2.86. The number of rotatable bonds is 8. The van der Waals surface area contributed by atoms with Gasteiger partial charge in [0.2, 0.25) is 5.88 Å². The summed E-state index contributed by atoms with van der Waals surface area (Å²) >= 11 is 0. The first kappa shape index (κ1) is 24.9. The molecule has 0 spiro atoms. The maximum Gasteiger partial charge on any atom is 0.273 e. The Balaban J connectivity index is 1.60. The molecule has 0 unspecified atom stereocenters. The fourth-order valence-corrected chi connectivity index (χ4v) is 3.97. The maximum absolute atomic E-state index is 12.1. The van der Waals surface area contributed by atoms with E-state index in [1.54, 1.807) is 6.07 Å². The lowest BCUT2D eigenvalue weighted by Crippen LogP contribution is -2.50. The molecular weight excluding hydrogens is 462 g/mol. The number of anilines is 3. The highest BCUT2D eigenvalue weighted by Gasteiger charge is 2.22. The van der Waals surface area contributed by atoms with E-state index in [4.69, 9.17) is 10.5 Å². The van der Waals surface area contributed by atoms with E-state index in [0.717, 1.165) is 25.3 Å². The molecule has 0 radical (unpaired) electrons. The Hall–Kier alpha value is -4.25. The number of piperazine rings is 1. The number of aromatic nitrogens is 2. The van der Waals surface area contributed by atoms with Gasteiger partial charge in [-0.05, 0) is 50.7 Å². The van der Waals surface area contributed by atoms with Crippen molar-refractivity contribution in [1.29, 1.82) is 0 Å². The number of hydrogen-bond donors (Lipinski definition) is 2. The van der Waals surface area contributed by atoms with Crippen molar-refractivity contribution >= 4 is 28.8 Å². The molecule has 1 fully saturated rings. The molecule has 1 aliphatic rings. The topological polar surface area (TPSA) is 140 Å². The van der Waals surface area contributed by atoms with Gasteiger partial charge >= 0.3 is 0 Å². The number of carbonyl (C=O) groups excluding carboxylic acids is 1. The molecule has 0 bridgehead atoms. The molecule has 2 aromatic carbocycles. The zero-order valence-corrected chi connectivity index (χ0v) is 20.5. The van der Waals surface area contributed by atoms with Crippen molar-refractivity contribution in [1.82, 2.24) is 14.9 Å². The molecule has 188 valence electrons. The monoisotopic (exact) mass is 491 g/mol. The number of hydrogen-bond acceptors (Lipinski definition) is 9. The summed E-state index contributed by atoms with van der Waals surface area (Å²) in [7, 11) is 2.13. The fraction of sp³-hybridized carbons (Fsp3) is 0.320. The van der Waals surface area contributed by atoms with E-state index in [2.05, 4.69) is 39.1 Å². The lowest BCUT2D eigenvalue weighted by atomic mass is 10.1. The quantitative estimate of drug-likeness (QED) is 0.356. The molecule has 11 nitrogen and oxygen atoms in total. The van der Waals surface area contributed by atoms with E-state index in [1.165, 1.54) is 18.2 Å². The summed E-state index contributed by atoms with van der Waals surface area (Å²) in [6.07, 6.45) is 0.413. The number of aryl methyl sites for hydroxylation is 1. The second kappa shape index (κ2) is 10.6. The Morgan fingerprint density at radius 2 is 1.97 bits per heavy atom. The maximum atomic E-state index is 12.1. The van der Waals surface area contributed by atoms with E-state index >= 15 is 0 Å². The molecule has 2 heterocycles. The Labute approximate surface area is 209 Å². The van der Waals surface area contributed by atoms with Gasteiger partial charge in [0.05, 0.1) is 11.0 Å². The van der Waals surface area contributed by atoms with E-state index in [-0.39, 0.29) is 28.8 Å². The van der Waals surface area contributed by atoms with Crippen LogP contribution in [0.4, 0.5) is 22.9 Å². The number of nitro benzene ring substituents is 1. The van der Waals surface area contributed by atoms with Crippen LogP contribution < -0.4 is 20.7 Å². The number of likely N-dealkylation sites (N-methyl/N-ethyl adjacent to an activating group) is 1. The number of nitrogens with two attached hydrogens (primary N) is 1. The van der Waals surface area contributed by atoms with Crippen LogP contribution in [0.5, 0.6) is 11.6 Å². The van der Waals surface area contributed by atoms with Gasteiger partial charge in [-0.2, -0.15) is 4.98 Å². The number of benzene rings is 2. The third-order valence-electron chi connectivity index (χ3n) is 6.20. The first-order valence-electron chi connectivity index (χ1n) is 11.7. The van der Waals surface area contributed by atoms with Crippen LogP contribution >= 0.6 is 0 Å². The van der Waals surface area contributed by atoms with Crippen LogP contribution in [0.3, 0.4) is 0 Å². The Bertz CT molecular complexity index is 1270. The van der Waals surface area contributed by atoms with E-state index in [0.29, 0.717) is 23.8 Å². The number of primary amides is 1. The van der Waals surface area contributed by atoms with Crippen molar-refractivity contribution in [3.05, 3.63) is 70.0 Å². The Morgan fingerprint density at radius 1 is 1.22 bits per heavy atom. The third kappa shape index (κ3) is 5.52. The average molecular weight is 492 g/mol. The van der Waals surface area contributed by atoms with Gasteiger partial charge in [-0.25, -0.2) is 4.98 Å². The van der Waals surface area contributed by atoms with Gasteiger partial charge in [-0.3, -0.25) is 14.9 Å². The minimum absolute atomic E-state index is 0.0183. The van der Waals surface area contributed by atoms with E-state index < -0.39 is 10.8 Å². The zero-order chi connectivity index (χ0) is 25.8. The minimum atomic E-state index is -0.732. The van der Waals surface area contributed by atoms with Crippen LogP contribution in [0.15, 0.2) is 48.5 Å². The molecule has 1 saturated heterocycles. The summed E-state index contributed by atoms with van der Waals surface area (Å²) in [5, 5.41) is 14.2. The van der Waals surface area contributed by atoms with Crippen LogP contribution in [0, 0.1) is 10.1 Å². The summed E-state index contributed by atoms with van der Waals surface area (Å²) < 4.78 is 5.84. The van der Waals surface area contributed by atoms with Crippen molar-refractivity contribution in [2.75, 3.05) is 36.9 Å². The van der Waals surface area contributed by atoms with Gasteiger partial charge in [0, 0.05) is 43.1 Å². The number of nitrogens with one attached hydrogen (secondary N) is 1. The Kier molecular flexibility index (Phi) is 7.30. The van der Waals surface area contributed by atoms with Crippen LogP contribution in [-0.4, -0.2) is 58.4 Å². The predicted molar refractivity (Wildman–Crippen MR) is 137 cm³/mol. The normalized spacial score (nSPS) is 16.0. The van der Waals surface area contributed by atoms with Crippen LogP contribution in [0.1, 0.15) is 30.0 Å².